The number of hydrogen-bond donors (Lipinski definition) is 2. The minimum Gasteiger partial charge on any atom is -0.370 e. The molecule has 1 aromatic carbocycles. The lowest BCUT2D eigenvalue weighted by atomic mass is 10.1. The summed E-state index contributed by atoms with van der Waals surface area (Å²) in [4.78, 5) is 13.6. The van der Waals surface area contributed by atoms with E-state index in [0.29, 0.717) is 22.5 Å². The van der Waals surface area contributed by atoms with E-state index in [1.807, 2.05) is 31.3 Å². The summed E-state index contributed by atoms with van der Waals surface area (Å²) in [6.07, 6.45) is 1.83. The van der Waals surface area contributed by atoms with Gasteiger partial charge < -0.3 is 20.9 Å². The summed E-state index contributed by atoms with van der Waals surface area (Å²) in [5.41, 5.74) is 8.07. The molecule has 2 heterocycles. The van der Waals surface area contributed by atoms with Crippen molar-refractivity contribution < 1.29 is 0 Å². The molecule has 1 aromatic heterocycles. The van der Waals surface area contributed by atoms with Crippen molar-refractivity contribution >= 4 is 35.0 Å². The molecule has 0 spiro atoms. The third kappa shape index (κ3) is 5.50. The fourth-order valence-electron chi connectivity index (χ4n) is 3.14. The summed E-state index contributed by atoms with van der Waals surface area (Å²) < 4.78 is 0. The lowest BCUT2D eigenvalue weighted by molar-refractivity contribution is 0.312. The molecule has 28 heavy (non-hydrogen) atoms. The molecule has 3 rings (SSSR count). The first-order valence-electron chi connectivity index (χ1n) is 9.32. The van der Waals surface area contributed by atoms with E-state index >= 15 is 0 Å². The van der Waals surface area contributed by atoms with Gasteiger partial charge in [0.25, 0.3) is 0 Å². The molecular weight excluding hydrogens is 395 g/mol. The van der Waals surface area contributed by atoms with E-state index in [2.05, 4.69) is 38.2 Å². The topological polar surface area (TPSA) is 69.8 Å². The van der Waals surface area contributed by atoms with Gasteiger partial charge in [0.05, 0.1) is 12.6 Å². The van der Waals surface area contributed by atoms with Gasteiger partial charge in [0.1, 0.15) is 5.82 Å². The zero-order chi connectivity index (χ0) is 20.1. The number of pyridine rings is 1. The van der Waals surface area contributed by atoms with Gasteiger partial charge in [-0.1, -0.05) is 29.3 Å². The molecule has 0 saturated carbocycles. The van der Waals surface area contributed by atoms with Crippen LogP contribution in [0.25, 0.3) is 0 Å². The number of rotatable bonds is 5. The maximum Gasteiger partial charge on any atom is 0.189 e. The number of anilines is 1. The number of hydrogen-bond acceptors (Lipinski definition) is 4. The predicted molar refractivity (Wildman–Crippen MR) is 117 cm³/mol. The molecule has 2 aromatic rings. The zero-order valence-electron chi connectivity index (χ0n) is 16.2. The summed E-state index contributed by atoms with van der Waals surface area (Å²) in [6.45, 7) is 6.54. The Morgan fingerprint density at radius 1 is 1.21 bits per heavy atom. The van der Waals surface area contributed by atoms with Gasteiger partial charge in [0.2, 0.25) is 0 Å². The van der Waals surface area contributed by atoms with Crippen molar-refractivity contribution in [3.05, 3.63) is 57.7 Å². The maximum atomic E-state index is 6.26. The Bertz CT molecular complexity index is 833. The Hall–Kier alpha value is -2.02. The average Bonchev–Trinajstić information content (AvgIpc) is 2.67. The zero-order valence-corrected chi connectivity index (χ0v) is 17.7. The Morgan fingerprint density at radius 3 is 2.68 bits per heavy atom. The first kappa shape index (κ1) is 20.7. The van der Waals surface area contributed by atoms with Crippen molar-refractivity contribution in [2.24, 2.45) is 10.7 Å². The van der Waals surface area contributed by atoms with Crippen molar-refractivity contribution in [2.75, 3.05) is 38.1 Å². The van der Waals surface area contributed by atoms with E-state index in [4.69, 9.17) is 28.9 Å². The van der Waals surface area contributed by atoms with Gasteiger partial charge >= 0.3 is 0 Å². The Labute approximate surface area is 176 Å². The predicted octanol–water partition coefficient (Wildman–Crippen LogP) is 3.31. The summed E-state index contributed by atoms with van der Waals surface area (Å²) in [6, 6.07) is 9.40. The van der Waals surface area contributed by atoms with Gasteiger partial charge in [-0.25, -0.2) is 9.98 Å². The van der Waals surface area contributed by atoms with Crippen LogP contribution in [0.5, 0.6) is 0 Å². The number of aromatic nitrogens is 1. The number of nitrogens with one attached hydrogen (secondary N) is 1. The summed E-state index contributed by atoms with van der Waals surface area (Å²) in [7, 11) is 2.14. The molecule has 1 aliphatic heterocycles. The van der Waals surface area contributed by atoms with Gasteiger partial charge in [-0.3, -0.25) is 0 Å². The molecule has 0 radical (unpaired) electrons. The molecule has 0 bridgehead atoms. The van der Waals surface area contributed by atoms with Crippen LogP contribution in [0.3, 0.4) is 0 Å². The first-order valence-corrected chi connectivity index (χ1v) is 10.1. The minimum absolute atomic E-state index is 0.0770. The van der Waals surface area contributed by atoms with E-state index in [0.717, 1.165) is 43.1 Å². The van der Waals surface area contributed by atoms with E-state index in [1.54, 1.807) is 6.07 Å². The van der Waals surface area contributed by atoms with Gasteiger partial charge in [0.15, 0.2) is 5.96 Å². The number of halogens is 2. The summed E-state index contributed by atoms with van der Waals surface area (Å²) >= 11 is 12.2. The molecular formula is C20H26Cl2N6. The van der Waals surface area contributed by atoms with Crippen LogP contribution in [0.15, 0.2) is 41.5 Å². The van der Waals surface area contributed by atoms with E-state index < -0.39 is 0 Å². The Morgan fingerprint density at radius 2 is 1.96 bits per heavy atom. The van der Waals surface area contributed by atoms with Crippen LogP contribution in [0.2, 0.25) is 10.0 Å². The van der Waals surface area contributed by atoms with Gasteiger partial charge in [-0.05, 0) is 49.4 Å². The highest BCUT2D eigenvalue weighted by Gasteiger charge is 2.15. The lowest BCUT2D eigenvalue weighted by Gasteiger charge is -2.33. The molecule has 6 nitrogen and oxygen atoms in total. The van der Waals surface area contributed by atoms with Crippen molar-refractivity contribution in [1.82, 2.24) is 15.2 Å². The second kappa shape index (κ2) is 9.45. The highest BCUT2D eigenvalue weighted by atomic mass is 35.5. The lowest BCUT2D eigenvalue weighted by Crippen LogP contribution is -2.44. The number of nitrogens with zero attached hydrogens (tertiary/aromatic N) is 4. The summed E-state index contributed by atoms with van der Waals surface area (Å²) in [5, 5.41) is 4.39. The molecule has 8 heteroatoms. The van der Waals surface area contributed by atoms with E-state index in [9.17, 15) is 0 Å². The molecule has 1 atom stereocenters. The van der Waals surface area contributed by atoms with Crippen molar-refractivity contribution in [3.63, 3.8) is 0 Å². The van der Waals surface area contributed by atoms with Gasteiger partial charge in [-0.15, -0.1) is 0 Å². The third-order valence-electron chi connectivity index (χ3n) is 4.86. The van der Waals surface area contributed by atoms with E-state index in [1.165, 1.54) is 0 Å². The monoisotopic (exact) mass is 420 g/mol. The molecule has 1 saturated heterocycles. The molecule has 1 fully saturated rings. The normalized spacial score (nSPS) is 16.9. The highest BCUT2D eigenvalue weighted by Crippen LogP contribution is 2.26. The average molecular weight is 421 g/mol. The first-order chi connectivity index (χ1) is 13.4. The molecule has 1 unspecified atom stereocenters. The number of guanidine groups is 1. The smallest absolute Gasteiger partial charge is 0.189 e. The van der Waals surface area contributed by atoms with Crippen molar-refractivity contribution in [1.29, 1.82) is 0 Å². The molecule has 0 amide bonds. The highest BCUT2D eigenvalue weighted by molar-refractivity contribution is 6.35. The number of piperazine rings is 1. The molecule has 3 N–H and O–H groups in total. The van der Waals surface area contributed by atoms with Crippen LogP contribution in [0.1, 0.15) is 24.1 Å². The number of aliphatic imine (C=N–C) groups is 1. The Kier molecular flexibility index (Phi) is 6.99. The van der Waals surface area contributed by atoms with Crippen LogP contribution in [0, 0.1) is 0 Å². The Balaban J connectivity index is 1.60. The molecule has 150 valence electrons. The second-order valence-electron chi connectivity index (χ2n) is 7.05. The fraction of sp³-hybridized carbons (Fsp3) is 0.400. The number of benzene rings is 1. The van der Waals surface area contributed by atoms with Gasteiger partial charge in [0, 0.05) is 42.4 Å². The fourth-order valence-corrected chi connectivity index (χ4v) is 3.71. The van der Waals surface area contributed by atoms with Crippen LogP contribution >= 0.6 is 23.2 Å². The van der Waals surface area contributed by atoms with Crippen molar-refractivity contribution in [3.8, 4) is 0 Å². The van der Waals surface area contributed by atoms with Crippen LogP contribution in [-0.4, -0.2) is 49.1 Å². The number of nitrogens with two attached hydrogens (primary N) is 1. The standard InChI is InChI=1S/C20H26Cl2N6/c1-14(17-4-3-16(21)12-18(17)22)26-20(23)25-13-15-5-6-24-19(11-15)28-9-7-27(2)8-10-28/h3-6,11-12,14H,7-10,13H2,1-2H3,(H3,23,25,26). The molecule has 1 aliphatic rings. The SMILES string of the molecule is CC(NC(N)=NCc1ccnc(N2CCN(C)CC2)c1)c1ccc(Cl)cc1Cl. The second-order valence-corrected chi connectivity index (χ2v) is 7.89. The van der Waals surface area contributed by atoms with E-state index in [-0.39, 0.29) is 6.04 Å². The van der Waals surface area contributed by atoms with Crippen LogP contribution < -0.4 is 16.0 Å². The third-order valence-corrected chi connectivity index (χ3v) is 5.42. The number of likely N-dealkylation sites (N-methyl/N-ethyl adjacent to an activating group) is 1. The quantitative estimate of drug-likeness (QED) is 0.573. The minimum atomic E-state index is -0.0770. The van der Waals surface area contributed by atoms with Crippen LogP contribution in [0.4, 0.5) is 5.82 Å². The maximum absolute atomic E-state index is 6.26. The molecule has 0 aliphatic carbocycles. The largest absolute Gasteiger partial charge is 0.370 e. The van der Waals surface area contributed by atoms with Gasteiger partial charge in [-0.2, -0.15) is 0 Å². The van der Waals surface area contributed by atoms with Crippen molar-refractivity contribution in [2.45, 2.75) is 19.5 Å². The summed E-state index contributed by atoms with van der Waals surface area (Å²) in [5.74, 6) is 1.37. The van der Waals surface area contributed by atoms with Crippen LogP contribution in [-0.2, 0) is 6.54 Å².